The van der Waals surface area contributed by atoms with Gasteiger partial charge in [-0.2, -0.15) is 39.5 Å². The molecular weight excluding hydrogens is 519 g/mol. The van der Waals surface area contributed by atoms with Gasteiger partial charge in [0.1, 0.15) is 12.2 Å². The molecule has 3 saturated carbocycles. The fourth-order valence-corrected chi connectivity index (χ4v) is 6.62. The van der Waals surface area contributed by atoms with Crippen molar-refractivity contribution in [1.82, 2.24) is 0 Å². The van der Waals surface area contributed by atoms with E-state index in [1.54, 1.807) is 0 Å². The largest absolute Gasteiger partial charge is 0.458 e. The summed E-state index contributed by atoms with van der Waals surface area (Å²) in [5.74, 6) is -11.1. The number of hydrogen-bond donors (Lipinski definition) is 0. The monoisotopic (exact) mass is 536 g/mol. The highest BCUT2D eigenvalue weighted by atomic mass is 19.4. The average Bonchev–Trinajstić information content (AvgIpc) is 3.50. The molecule has 4 bridgehead atoms. The Morgan fingerprint density at radius 2 is 1.44 bits per heavy atom. The van der Waals surface area contributed by atoms with Crippen LogP contribution in [0.2, 0.25) is 0 Å². The number of carbonyl (C=O) groups excluding carboxylic acids is 3. The number of rotatable bonds is 4. The van der Waals surface area contributed by atoms with Crippen molar-refractivity contribution in [3.8, 4) is 0 Å². The molecule has 36 heavy (non-hydrogen) atoms. The van der Waals surface area contributed by atoms with Crippen molar-refractivity contribution in [3.05, 3.63) is 12.2 Å². The molecule has 5 aliphatic rings. The van der Waals surface area contributed by atoms with E-state index in [0.29, 0.717) is 12.8 Å². The third-order valence-electron chi connectivity index (χ3n) is 8.10. The third kappa shape index (κ3) is 3.29. The molecule has 0 radical (unpaired) electrons. The number of halogens is 9. The highest BCUT2D eigenvalue weighted by Gasteiger charge is 2.88. The highest BCUT2D eigenvalue weighted by molar-refractivity contribution is 5.86. The quantitative estimate of drug-likeness (QED) is 0.235. The molecule has 5 rings (SSSR count). The predicted molar refractivity (Wildman–Crippen MR) is 94.2 cm³/mol. The number of esters is 3. The lowest BCUT2D eigenvalue weighted by atomic mass is 9.78. The first-order valence-electron chi connectivity index (χ1n) is 11.0. The number of fused-ring (bicyclic) bond motifs is 3. The van der Waals surface area contributed by atoms with Gasteiger partial charge in [0.2, 0.25) is 0 Å². The zero-order valence-electron chi connectivity index (χ0n) is 17.8. The fourth-order valence-electron chi connectivity index (χ4n) is 6.62. The Bertz CT molecular complexity index is 979. The molecule has 9 unspecified atom stereocenters. The molecule has 1 heterocycles. The SMILES string of the molecule is O=C(OC1C2CC3C1OC(=O)C3C2C(=O)OC(C(F)(F)F)(C(F)(F)F)C(F)(F)F)C1CC2C=CC1C2. The van der Waals surface area contributed by atoms with Crippen molar-refractivity contribution in [3.63, 3.8) is 0 Å². The standard InChI is InChI=1S/C21H17F9O6/c22-19(23,24)18(20(25,26)27,21(28,29)30)36-17(33)12-10-5-9-11(12)16(32)35-14(9)13(10)34-15(31)8-4-6-1-2-7(8)3-6/h1-2,6-14H,3-5H2. The Labute approximate surface area is 196 Å². The summed E-state index contributed by atoms with van der Waals surface area (Å²) in [6, 6.07) is 0. The van der Waals surface area contributed by atoms with Crippen molar-refractivity contribution in [2.45, 2.75) is 55.6 Å². The second-order valence-corrected chi connectivity index (χ2v) is 9.90. The maximum Gasteiger partial charge on any atom is 0.447 e. The summed E-state index contributed by atoms with van der Waals surface area (Å²) in [5, 5.41) is 0. The Kier molecular flexibility index (Phi) is 5.26. The molecule has 0 spiro atoms. The summed E-state index contributed by atoms with van der Waals surface area (Å²) in [6.07, 6.45) is -19.2. The van der Waals surface area contributed by atoms with Crippen LogP contribution in [0.3, 0.4) is 0 Å². The number of ether oxygens (including phenoxy) is 3. The Hall–Kier alpha value is -2.48. The molecule has 0 aromatic carbocycles. The van der Waals surface area contributed by atoms with Crippen LogP contribution in [0.1, 0.15) is 19.3 Å². The molecule has 15 heteroatoms. The van der Waals surface area contributed by atoms with Crippen LogP contribution in [-0.2, 0) is 28.6 Å². The molecule has 1 saturated heterocycles. The van der Waals surface area contributed by atoms with E-state index in [1.807, 2.05) is 12.2 Å². The normalized spacial score (nSPS) is 39.0. The Balaban J connectivity index is 1.43. The molecule has 0 amide bonds. The van der Waals surface area contributed by atoms with Crippen LogP contribution >= 0.6 is 0 Å². The van der Waals surface area contributed by atoms with Crippen molar-refractivity contribution in [2.24, 2.45) is 41.4 Å². The molecule has 9 atom stereocenters. The van der Waals surface area contributed by atoms with E-state index >= 15 is 0 Å². The number of alkyl halides is 9. The molecule has 4 fully saturated rings. The van der Waals surface area contributed by atoms with Gasteiger partial charge >= 0.3 is 42.0 Å². The summed E-state index contributed by atoms with van der Waals surface area (Å²) < 4.78 is 133. The second-order valence-electron chi connectivity index (χ2n) is 9.90. The maximum absolute atomic E-state index is 13.3. The van der Waals surface area contributed by atoms with E-state index in [9.17, 15) is 53.9 Å². The topological polar surface area (TPSA) is 78.9 Å². The minimum Gasteiger partial charge on any atom is -0.458 e. The van der Waals surface area contributed by atoms with Crippen LogP contribution in [0.25, 0.3) is 0 Å². The summed E-state index contributed by atoms with van der Waals surface area (Å²) in [7, 11) is 0. The number of carbonyl (C=O) groups is 3. The summed E-state index contributed by atoms with van der Waals surface area (Å²) in [6.45, 7) is 0. The molecule has 0 aromatic heterocycles. The van der Waals surface area contributed by atoms with Crippen LogP contribution < -0.4 is 0 Å². The zero-order chi connectivity index (χ0) is 26.6. The predicted octanol–water partition coefficient (Wildman–Crippen LogP) is 3.89. The van der Waals surface area contributed by atoms with Gasteiger partial charge in [-0.15, -0.1) is 0 Å². The van der Waals surface area contributed by atoms with Crippen LogP contribution in [0.5, 0.6) is 0 Å². The minimum absolute atomic E-state index is 0.133. The van der Waals surface area contributed by atoms with Crippen LogP contribution in [0.4, 0.5) is 39.5 Å². The Morgan fingerprint density at radius 1 is 0.833 bits per heavy atom. The van der Waals surface area contributed by atoms with E-state index in [2.05, 4.69) is 4.74 Å². The van der Waals surface area contributed by atoms with E-state index < -0.39 is 83.8 Å². The smallest absolute Gasteiger partial charge is 0.447 e. The minimum atomic E-state index is -7.11. The second kappa shape index (κ2) is 7.53. The van der Waals surface area contributed by atoms with E-state index in [0.717, 1.165) is 0 Å². The van der Waals surface area contributed by atoms with Crippen LogP contribution in [0.15, 0.2) is 12.2 Å². The zero-order valence-corrected chi connectivity index (χ0v) is 17.8. The van der Waals surface area contributed by atoms with E-state index in [4.69, 9.17) is 9.47 Å². The summed E-state index contributed by atoms with van der Waals surface area (Å²) >= 11 is 0. The third-order valence-corrected chi connectivity index (χ3v) is 8.10. The lowest BCUT2D eigenvalue weighted by Crippen LogP contribution is -2.69. The van der Waals surface area contributed by atoms with Gasteiger partial charge in [0.05, 0.1) is 17.8 Å². The van der Waals surface area contributed by atoms with Gasteiger partial charge in [-0.25, -0.2) is 0 Å². The fraction of sp³-hybridized carbons (Fsp3) is 0.762. The molecule has 200 valence electrons. The molecule has 6 nitrogen and oxygen atoms in total. The van der Waals surface area contributed by atoms with Gasteiger partial charge in [0.25, 0.3) is 0 Å². The van der Waals surface area contributed by atoms with Gasteiger partial charge in [0.15, 0.2) is 0 Å². The maximum atomic E-state index is 13.3. The number of hydrogen-bond acceptors (Lipinski definition) is 6. The van der Waals surface area contributed by atoms with E-state index in [-0.39, 0.29) is 18.3 Å². The van der Waals surface area contributed by atoms with Gasteiger partial charge < -0.3 is 14.2 Å². The van der Waals surface area contributed by atoms with Gasteiger partial charge in [-0.1, -0.05) is 12.2 Å². The van der Waals surface area contributed by atoms with Gasteiger partial charge in [-0.05, 0) is 31.1 Å². The molecule has 0 N–H and O–H groups in total. The highest BCUT2D eigenvalue weighted by Crippen LogP contribution is 2.61. The first-order chi connectivity index (χ1) is 16.5. The summed E-state index contributed by atoms with van der Waals surface area (Å²) in [4.78, 5) is 37.7. The summed E-state index contributed by atoms with van der Waals surface area (Å²) in [5.41, 5.74) is -6.81. The lowest BCUT2D eigenvalue weighted by Gasteiger charge is -2.39. The Morgan fingerprint density at radius 3 is 1.94 bits per heavy atom. The molecule has 1 aliphatic heterocycles. The first-order valence-corrected chi connectivity index (χ1v) is 11.0. The van der Waals surface area contributed by atoms with Crippen molar-refractivity contribution >= 4 is 17.9 Å². The van der Waals surface area contributed by atoms with Crippen molar-refractivity contribution in [2.75, 3.05) is 0 Å². The lowest BCUT2D eigenvalue weighted by molar-refractivity contribution is -0.447. The van der Waals surface area contributed by atoms with Crippen molar-refractivity contribution in [1.29, 1.82) is 0 Å². The molecule has 0 aromatic rings. The molecule has 4 aliphatic carbocycles. The molecular formula is C21H17F9O6. The van der Waals surface area contributed by atoms with Crippen LogP contribution in [-0.4, -0.2) is 54.2 Å². The van der Waals surface area contributed by atoms with Crippen molar-refractivity contribution < 1.29 is 68.1 Å². The van der Waals surface area contributed by atoms with E-state index in [1.165, 1.54) is 0 Å². The van der Waals surface area contributed by atoms with Crippen LogP contribution in [0, 0.1) is 41.4 Å². The first kappa shape index (κ1) is 25.2. The average molecular weight is 536 g/mol. The number of allylic oxidation sites excluding steroid dienone is 2. The van der Waals surface area contributed by atoms with Gasteiger partial charge in [0, 0.05) is 11.8 Å². The van der Waals surface area contributed by atoms with Gasteiger partial charge in [-0.3, -0.25) is 14.4 Å².